The molecule has 1 amide bonds. The van der Waals surface area contributed by atoms with Crippen molar-refractivity contribution in [2.24, 2.45) is 0 Å². The van der Waals surface area contributed by atoms with E-state index < -0.39 is 5.91 Å². The molecule has 1 heterocycles. The Balaban J connectivity index is 1.54. The van der Waals surface area contributed by atoms with Crippen LogP contribution in [0.1, 0.15) is 10.4 Å². The molecule has 0 fully saturated rings. The Morgan fingerprint density at radius 2 is 1.81 bits per heavy atom. The number of aromatic nitrogens is 3. The first kappa shape index (κ1) is 21.2. The van der Waals surface area contributed by atoms with E-state index in [0.29, 0.717) is 33.1 Å². The van der Waals surface area contributed by atoms with E-state index in [9.17, 15) is 4.79 Å². The predicted molar refractivity (Wildman–Crippen MR) is 128 cm³/mol. The van der Waals surface area contributed by atoms with E-state index >= 15 is 0 Å². The standard InChI is InChI=1S/C21H15BrClN5O2S/c1-30-19-8-7-12(22)9-14(19)20(29)25-21(31)24-16-11-18-17(10-15(16)23)26-28(27-18)13-5-3-2-4-6-13/h2-11H,1H3,(H2,24,25,29,31). The molecule has 0 aliphatic rings. The van der Waals surface area contributed by atoms with Gasteiger partial charge in [0, 0.05) is 4.47 Å². The second-order valence-corrected chi connectivity index (χ2v) is 8.13. The van der Waals surface area contributed by atoms with Crippen molar-refractivity contribution in [2.75, 3.05) is 12.4 Å². The summed E-state index contributed by atoms with van der Waals surface area (Å²) in [4.78, 5) is 14.2. The summed E-state index contributed by atoms with van der Waals surface area (Å²) >= 11 is 15.0. The molecule has 0 bridgehead atoms. The number of benzene rings is 3. The van der Waals surface area contributed by atoms with Crippen LogP contribution in [0.2, 0.25) is 5.02 Å². The first-order valence-corrected chi connectivity index (χ1v) is 10.6. The average Bonchev–Trinajstić information content (AvgIpc) is 3.17. The number of rotatable bonds is 4. The van der Waals surface area contributed by atoms with Crippen molar-refractivity contribution in [1.82, 2.24) is 20.3 Å². The molecule has 4 rings (SSSR count). The molecule has 2 N–H and O–H groups in total. The van der Waals surface area contributed by atoms with Crippen LogP contribution in [0.4, 0.5) is 5.69 Å². The van der Waals surface area contributed by atoms with Crippen LogP contribution in [-0.4, -0.2) is 33.1 Å². The second-order valence-electron chi connectivity index (χ2n) is 6.40. The fraction of sp³-hybridized carbons (Fsp3) is 0.0476. The molecule has 0 saturated carbocycles. The fourth-order valence-electron chi connectivity index (χ4n) is 2.89. The van der Waals surface area contributed by atoms with Crippen LogP contribution in [0, 0.1) is 0 Å². The van der Waals surface area contributed by atoms with E-state index in [2.05, 4.69) is 36.8 Å². The molecule has 0 aliphatic heterocycles. The molecule has 0 saturated heterocycles. The Morgan fingerprint density at radius 1 is 1.10 bits per heavy atom. The number of hydrogen-bond acceptors (Lipinski definition) is 5. The first-order chi connectivity index (χ1) is 14.9. The third kappa shape index (κ3) is 4.68. The van der Waals surface area contributed by atoms with Crippen molar-refractivity contribution in [3.63, 3.8) is 0 Å². The molecule has 0 spiro atoms. The molecular weight excluding hydrogens is 502 g/mol. The lowest BCUT2D eigenvalue weighted by molar-refractivity contribution is 0.0974. The van der Waals surface area contributed by atoms with Crippen LogP contribution in [0.15, 0.2) is 65.1 Å². The average molecular weight is 517 g/mol. The minimum atomic E-state index is -0.414. The Kier molecular flexibility index (Phi) is 6.17. The van der Waals surface area contributed by atoms with Crippen LogP contribution in [0.5, 0.6) is 5.75 Å². The number of methoxy groups -OCH3 is 1. The van der Waals surface area contributed by atoms with Gasteiger partial charge in [-0.2, -0.15) is 4.80 Å². The van der Waals surface area contributed by atoms with E-state index in [0.717, 1.165) is 10.2 Å². The highest BCUT2D eigenvalue weighted by molar-refractivity contribution is 9.10. The number of nitrogens with one attached hydrogen (secondary N) is 2. The summed E-state index contributed by atoms with van der Waals surface area (Å²) in [7, 11) is 1.49. The second kappa shape index (κ2) is 9.01. The summed E-state index contributed by atoms with van der Waals surface area (Å²) in [6, 6.07) is 18.1. The molecule has 156 valence electrons. The third-order valence-electron chi connectivity index (χ3n) is 4.34. The molecule has 0 unspecified atom stereocenters. The Morgan fingerprint density at radius 3 is 2.52 bits per heavy atom. The summed E-state index contributed by atoms with van der Waals surface area (Å²) < 4.78 is 5.99. The number of carbonyl (C=O) groups is 1. The Hall–Kier alpha value is -3.01. The van der Waals surface area contributed by atoms with E-state index in [1.807, 2.05) is 30.3 Å². The van der Waals surface area contributed by atoms with Gasteiger partial charge in [-0.1, -0.05) is 45.7 Å². The molecule has 0 atom stereocenters. The largest absolute Gasteiger partial charge is 0.496 e. The maximum atomic E-state index is 12.6. The van der Waals surface area contributed by atoms with Crippen molar-refractivity contribution in [1.29, 1.82) is 0 Å². The lowest BCUT2D eigenvalue weighted by Gasteiger charge is -2.12. The number of fused-ring (bicyclic) bond motifs is 1. The van der Waals surface area contributed by atoms with Crippen molar-refractivity contribution in [3.05, 3.63) is 75.7 Å². The van der Waals surface area contributed by atoms with Crippen LogP contribution < -0.4 is 15.4 Å². The van der Waals surface area contributed by atoms with Crippen molar-refractivity contribution >= 4 is 67.5 Å². The van der Waals surface area contributed by atoms with Crippen molar-refractivity contribution < 1.29 is 9.53 Å². The lowest BCUT2D eigenvalue weighted by atomic mass is 10.2. The maximum absolute atomic E-state index is 12.6. The van der Waals surface area contributed by atoms with Gasteiger partial charge in [-0.05, 0) is 54.7 Å². The Bertz CT molecular complexity index is 1300. The zero-order valence-electron chi connectivity index (χ0n) is 16.1. The van der Waals surface area contributed by atoms with E-state index in [4.69, 9.17) is 28.6 Å². The number of carbonyl (C=O) groups excluding carboxylic acids is 1. The van der Waals surface area contributed by atoms with Crippen LogP contribution in [-0.2, 0) is 0 Å². The number of hydrogen-bond donors (Lipinski definition) is 2. The minimum Gasteiger partial charge on any atom is -0.496 e. The maximum Gasteiger partial charge on any atom is 0.261 e. The Labute approximate surface area is 196 Å². The van der Waals surface area contributed by atoms with Gasteiger partial charge in [0.2, 0.25) is 0 Å². The predicted octanol–water partition coefficient (Wildman–Crippen LogP) is 4.97. The first-order valence-electron chi connectivity index (χ1n) is 9.02. The van der Waals surface area contributed by atoms with Gasteiger partial charge in [0.05, 0.1) is 29.1 Å². The normalized spacial score (nSPS) is 10.7. The molecule has 3 aromatic carbocycles. The van der Waals surface area contributed by atoms with Gasteiger partial charge in [0.15, 0.2) is 5.11 Å². The number of anilines is 1. The van der Waals surface area contributed by atoms with Gasteiger partial charge >= 0.3 is 0 Å². The molecule has 0 radical (unpaired) electrons. The van der Waals surface area contributed by atoms with Gasteiger partial charge in [-0.25, -0.2) is 0 Å². The highest BCUT2D eigenvalue weighted by Crippen LogP contribution is 2.27. The topological polar surface area (TPSA) is 81.1 Å². The number of amides is 1. The van der Waals surface area contributed by atoms with Gasteiger partial charge in [-0.15, -0.1) is 10.2 Å². The molecule has 4 aromatic rings. The lowest BCUT2D eigenvalue weighted by Crippen LogP contribution is -2.34. The monoisotopic (exact) mass is 515 g/mol. The number of ether oxygens (including phenoxy) is 1. The van der Waals surface area contributed by atoms with Crippen molar-refractivity contribution in [3.8, 4) is 11.4 Å². The van der Waals surface area contributed by atoms with Crippen LogP contribution in [0.3, 0.4) is 0 Å². The number of nitrogens with zero attached hydrogens (tertiary/aromatic N) is 3. The molecule has 0 aliphatic carbocycles. The minimum absolute atomic E-state index is 0.0868. The van der Waals surface area contributed by atoms with E-state index in [1.165, 1.54) is 11.9 Å². The van der Waals surface area contributed by atoms with Crippen LogP contribution >= 0.6 is 39.7 Å². The smallest absolute Gasteiger partial charge is 0.261 e. The summed E-state index contributed by atoms with van der Waals surface area (Å²) in [6.45, 7) is 0. The SMILES string of the molecule is COc1ccc(Br)cc1C(=O)NC(=S)Nc1cc2nn(-c3ccccc3)nc2cc1Cl. The van der Waals surface area contributed by atoms with Gasteiger partial charge in [-0.3, -0.25) is 10.1 Å². The van der Waals surface area contributed by atoms with E-state index in [-0.39, 0.29) is 5.11 Å². The number of thiocarbonyl (C=S) groups is 1. The van der Waals surface area contributed by atoms with Crippen LogP contribution in [0.25, 0.3) is 16.7 Å². The molecule has 31 heavy (non-hydrogen) atoms. The molecule has 10 heteroatoms. The zero-order valence-corrected chi connectivity index (χ0v) is 19.3. The highest BCUT2D eigenvalue weighted by atomic mass is 79.9. The molecular formula is C21H15BrClN5O2S. The van der Waals surface area contributed by atoms with E-state index in [1.54, 1.807) is 30.3 Å². The third-order valence-corrected chi connectivity index (χ3v) is 5.35. The number of halogens is 2. The zero-order chi connectivity index (χ0) is 22.0. The highest BCUT2D eigenvalue weighted by Gasteiger charge is 2.16. The van der Waals surface area contributed by atoms with Crippen molar-refractivity contribution in [2.45, 2.75) is 0 Å². The van der Waals surface area contributed by atoms with Gasteiger partial charge in [0.1, 0.15) is 16.8 Å². The summed E-state index contributed by atoms with van der Waals surface area (Å²) in [5, 5.41) is 15.0. The molecule has 7 nitrogen and oxygen atoms in total. The summed E-state index contributed by atoms with van der Waals surface area (Å²) in [5.74, 6) is 0.0170. The molecule has 1 aromatic heterocycles. The van der Waals surface area contributed by atoms with Gasteiger partial charge < -0.3 is 10.1 Å². The fourth-order valence-corrected chi connectivity index (χ4v) is 3.66. The quantitative estimate of drug-likeness (QED) is 0.373. The summed E-state index contributed by atoms with van der Waals surface area (Å²) in [5.41, 5.74) is 2.93. The van der Waals surface area contributed by atoms with Gasteiger partial charge in [0.25, 0.3) is 5.91 Å². The number of para-hydroxylation sites is 1. The summed E-state index contributed by atoms with van der Waals surface area (Å²) in [6.07, 6.45) is 0.